The highest BCUT2D eigenvalue weighted by Crippen LogP contribution is 2.46. The van der Waals surface area contributed by atoms with Crippen molar-refractivity contribution in [3.63, 3.8) is 0 Å². The molecule has 2 aliphatic heterocycles. The minimum Gasteiger partial charge on any atom is -0.481 e. The van der Waals surface area contributed by atoms with Crippen LogP contribution in [0.15, 0.2) is 24.3 Å². The van der Waals surface area contributed by atoms with Gasteiger partial charge in [0.1, 0.15) is 0 Å². The number of carboxylic acids is 1. The molecule has 2 saturated heterocycles. The number of nitrogens with zero attached hydrogens (tertiary/aromatic N) is 1. The largest absolute Gasteiger partial charge is 0.481 e. The molecule has 1 N–H and O–H groups in total. The maximum Gasteiger partial charge on any atom is 0.308 e. The summed E-state index contributed by atoms with van der Waals surface area (Å²) in [6, 6.07) is 9.62. The highest BCUT2D eigenvalue weighted by molar-refractivity contribution is 6.88. The third-order valence-corrected chi connectivity index (χ3v) is 7.82. The maximum atomic E-state index is 11.9. The maximum absolute atomic E-state index is 11.9. The molecule has 4 atom stereocenters. The van der Waals surface area contributed by atoms with Crippen LogP contribution in [0.5, 0.6) is 0 Å². The molecule has 3 rings (SSSR count). The Morgan fingerprint density at radius 2 is 1.82 bits per heavy atom. The van der Waals surface area contributed by atoms with Crippen LogP contribution in [0.3, 0.4) is 0 Å². The van der Waals surface area contributed by atoms with Gasteiger partial charge in [-0.2, -0.15) is 0 Å². The Labute approximate surface area is 134 Å². The van der Waals surface area contributed by atoms with Crippen molar-refractivity contribution >= 4 is 19.2 Å². The van der Waals surface area contributed by atoms with Gasteiger partial charge < -0.3 is 5.11 Å². The predicted octanol–water partition coefficient (Wildman–Crippen LogP) is 2.88. The number of carboxylic acid groups (broad SMARTS) is 1. The minimum absolute atomic E-state index is 0.168. The van der Waals surface area contributed by atoms with Gasteiger partial charge in [0, 0.05) is 18.0 Å². The molecule has 2 fully saturated rings. The van der Waals surface area contributed by atoms with Gasteiger partial charge in [-0.1, -0.05) is 49.1 Å². The lowest BCUT2D eigenvalue weighted by Gasteiger charge is -2.41. The van der Waals surface area contributed by atoms with Crippen molar-refractivity contribution in [2.24, 2.45) is 5.92 Å². The smallest absolute Gasteiger partial charge is 0.308 e. The summed E-state index contributed by atoms with van der Waals surface area (Å²) in [5, 5.41) is 11.2. The Kier molecular flexibility index (Phi) is 3.94. The minimum atomic E-state index is -1.29. The van der Waals surface area contributed by atoms with E-state index in [1.807, 2.05) is 0 Å². The van der Waals surface area contributed by atoms with Crippen LogP contribution in [0.25, 0.3) is 0 Å². The fourth-order valence-electron chi connectivity index (χ4n) is 4.38. The van der Waals surface area contributed by atoms with Crippen molar-refractivity contribution in [1.82, 2.24) is 4.90 Å². The second-order valence-corrected chi connectivity index (χ2v) is 13.1. The average Bonchev–Trinajstić information content (AvgIpc) is 2.70. The molecule has 3 nitrogen and oxygen atoms in total. The van der Waals surface area contributed by atoms with Crippen LogP contribution >= 0.6 is 0 Å². The molecule has 1 aromatic rings. The van der Waals surface area contributed by atoms with E-state index in [-0.39, 0.29) is 17.9 Å². The number of aliphatic carboxylic acids is 1. The first-order valence-electron chi connectivity index (χ1n) is 8.34. The third-order valence-electron chi connectivity index (χ3n) is 5.76. The molecule has 0 saturated carbocycles. The number of hydrogen-bond donors (Lipinski definition) is 1. The lowest BCUT2D eigenvalue weighted by atomic mass is 9.76. The number of carbonyl (C=O) groups is 1. The number of rotatable bonds is 3. The fourth-order valence-corrected chi connectivity index (χ4v) is 5.54. The molecule has 0 spiro atoms. The van der Waals surface area contributed by atoms with Crippen molar-refractivity contribution < 1.29 is 9.90 Å². The highest BCUT2D eigenvalue weighted by Gasteiger charge is 2.49. The van der Waals surface area contributed by atoms with Gasteiger partial charge in [0.2, 0.25) is 0 Å². The van der Waals surface area contributed by atoms with E-state index in [0.717, 1.165) is 19.3 Å². The van der Waals surface area contributed by atoms with Gasteiger partial charge in [0.05, 0.1) is 14.0 Å². The van der Waals surface area contributed by atoms with Gasteiger partial charge >= 0.3 is 5.97 Å². The molecule has 2 heterocycles. The highest BCUT2D eigenvalue weighted by atomic mass is 28.3. The Hall–Kier alpha value is -1.13. The Morgan fingerprint density at radius 1 is 1.18 bits per heavy atom. The summed E-state index contributed by atoms with van der Waals surface area (Å²) in [5.41, 5.74) is 1.22. The number of piperidine rings is 1. The summed E-state index contributed by atoms with van der Waals surface area (Å²) < 4.78 is 0. The van der Waals surface area contributed by atoms with Crippen molar-refractivity contribution in [2.45, 2.75) is 56.9 Å². The second-order valence-electron chi connectivity index (χ2n) is 8.04. The summed E-state index contributed by atoms with van der Waals surface area (Å²) in [7, 11) is 0.805. The van der Waals surface area contributed by atoms with Crippen molar-refractivity contribution in [1.29, 1.82) is 0 Å². The Bertz CT molecular complexity index is 563. The molecular formula is C18H27NO2Si. The average molecular weight is 318 g/mol. The van der Waals surface area contributed by atoms with E-state index in [9.17, 15) is 9.90 Å². The zero-order chi connectivity index (χ0) is 16.1. The van der Waals surface area contributed by atoms with Gasteiger partial charge in [-0.3, -0.25) is 9.69 Å². The summed E-state index contributed by atoms with van der Waals surface area (Å²) >= 11 is 0. The lowest BCUT2D eigenvalue weighted by molar-refractivity contribution is -0.146. The van der Waals surface area contributed by atoms with Crippen molar-refractivity contribution in [3.05, 3.63) is 29.8 Å². The number of fused-ring (bicyclic) bond motifs is 2. The van der Waals surface area contributed by atoms with Crippen LogP contribution in [-0.2, 0) is 4.79 Å². The van der Waals surface area contributed by atoms with E-state index in [0.29, 0.717) is 6.04 Å². The third kappa shape index (κ3) is 2.63. The van der Waals surface area contributed by atoms with Gasteiger partial charge in [0.15, 0.2) is 0 Å². The van der Waals surface area contributed by atoms with E-state index in [1.54, 1.807) is 0 Å². The molecule has 1 aromatic carbocycles. The normalized spacial score (nSPS) is 32.2. The Morgan fingerprint density at radius 3 is 2.36 bits per heavy atom. The second kappa shape index (κ2) is 5.50. The first-order chi connectivity index (χ1) is 10.3. The van der Waals surface area contributed by atoms with Gasteiger partial charge in [-0.05, 0) is 31.9 Å². The van der Waals surface area contributed by atoms with E-state index in [1.165, 1.54) is 10.8 Å². The van der Waals surface area contributed by atoms with Gasteiger partial charge in [0.25, 0.3) is 0 Å². The molecule has 2 unspecified atom stereocenters. The molecule has 0 radical (unpaired) electrons. The van der Waals surface area contributed by atoms with Gasteiger partial charge in [-0.15, -0.1) is 0 Å². The SMILES string of the molecule is CN1C2CCC1[C@@H](C(=O)O)[C@@H](c1ccc([Si](C)(C)C)cc1)C2. The quantitative estimate of drug-likeness (QED) is 0.872. The molecule has 4 heteroatoms. The molecular weight excluding hydrogens is 290 g/mol. The summed E-state index contributed by atoms with van der Waals surface area (Å²) in [5.74, 6) is -0.722. The Balaban J connectivity index is 1.91. The molecule has 120 valence electrons. The van der Waals surface area contributed by atoms with E-state index >= 15 is 0 Å². The number of benzene rings is 1. The predicted molar refractivity (Wildman–Crippen MR) is 92.5 cm³/mol. The van der Waals surface area contributed by atoms with E-state index < -0.39 is 14.0 Å². The van der Waals surface area contributed by atoms with Crippen molar-refractivity contribution in [3.8, 4) is 0 Å². The molecule has 22 heavy (non-hydrogen) atoms. The summed E-state index contributed by atoms with van der Waals surface area (Å²) in [6.07, 6.45) is 3.16. The molecule has 2 aliphatic rings. The summed E-state index contributed by atoms with van der Waals surface area (Å²) in [4.78, 5) is 14.2. The molecule has 0 aliphatic carbocycles. The topological polar surface area (TPSA) is 40.5 Å². The summed E-state index contributed by atoms with van der Waals surface area (Å²) in [6.45, 7) is 7.04. The van der Waals surface area contributed by atoms with E-state index in [2.05, 4.69) is 55.9 Å². The van der Waals surface area contributed by atoms with Crippen LogP contribution in [0.1, 0.15) is 30.7 Å². The van der Waals surface area contributed by atoms with Crippen LogP contribution in [0.4, 0.5) is 0 Å². The first-order valence-corrected chi connectivity index (χ1v) is 11.8. The van der Waals surface area contributed by atoms with Crippen LogP contribution in [-0.4, -0.2) is 43.2 Å². The molecule has 2 bridgehead atoms. The molecule has 0 amide bonds. The first kappa shape index (κ1) is 15.8. The van der Waals surface area contributed by atoms with Crippen molar-refractivity contribution in [2.75, 3.05) is 7.05 Å². The lowest BCUT2D eigenvalue weighted by Crippen LogP contribution is -2.48. The zero-order valence-electron chi connectivity index (χ0n) is 14.0. The van der Waals surface area contributed by atoms with Crippen LogP contribution < -0.4 is 5.19 Å². The fraction of sp³-hybridized carbons (Fsp3) is 0.611. The van der Waals surface area contributed by atoms with Crippen LogP contribution in [0, 0.1) is 5.92 Å². The number of hydrogen-bond acceptors (Lipinski definition) is 2. The zero-order valence-corrected chi connectivity index (χ0v) is 15.0. The van der Waals surface area contributed by atoms with Gasteiger partial charge in [-0.25, -0.2) is 0 Å². The monoisotopic (exact) mass is 317 g/mol. The molecule has 0 aromatic heterocycles. The van der Waals surface area contributed by atoms with E-state index in [4.69, 9.17) is 0 Å². The van der Waals surface area contributed by atoms with Crippen LogP contribution in [0.2, 0.25) is 19.6 Å². The standard InChI is InChI=1S/C18H27NO2Si/c1-19-13-7-10-16(19)17(18(20)21)15(11-13)12-5-8-14(9-6-12)22(2,3)4/h5-6,8-9,13,15-17H,7,10-11H2,1-4H3,(H,20,21)/t13?,15-,16?,17+/m1/s1.